The van der Waals surface area contributed by atoms with Crippen molar-refractivity contribution in [1.82, 2.24) is 20.2 Å². The number of carbonyl (C=O) groups is 2. The third-order valence-electron chi connectivity index (χ3n) is 3.72. The molecular weight excluding hydrogens is 368 g/mol. The fraction of sp³-hybridized carbons (Fsp3) is 0.412. The molecule has 5 N–H and O–H groups in total. The Morgan fingerprint density at radius 1 is 1.26 bits per heavy atom. The Hall–Kier alpha value is -2.75. The van der Waals surface area contributed by atoms with Crippen LogP contribution in [0.1, 0.15) is 39.1 Å². The van der Waals surface area contributed by atoms with Crippen molar-refractivity contribution in [2.24, 2.45) is 5.73 Å². The van der Waals surface area contributed by atoms with E-state index in [2.05, 4.69) is 31.0 Å². The number of nitrogens with one attached hydrogen (secondary N) is 1. The Kier molecular flexibility index (Phi) is 6.32. The van der Waals surface area contributed by atoms with Gasteiger partial charge in [-0.2, -0.15) is 0 Å². The number of carbonyl (C=O) groups excluding carboxylic acids is 2. The average Bonchev–Trinajstić information content (AvgIpc) is 2.92. The first kappa shape index (κ1) is 20.6. The molecule has 0 aliphatic carbocycles. The van der Waals surface area contributed by atoms with E-state index in [4.69, 9.17) is 16.3 Å². The van der Waals surface area contributed by atoms with Crippen LogP contribution < -0.4 is 21.6 Å². The molecule has 2 rings (SSSR count). The molecule has 0 fully saturated rings. The normalized spacial score (nSPS) is 12.4. The second-order valence-corrected chi connectivity index (χ2v) is 8.25. The first-order valence-corrected chi connectivity index (χ1v) is 9.15. The van der Waals surface area contributed by atoms with Crippen LogP contribution >= 0.6 is 11.8 Å². The molecule has 3 amide bonds. The second kappa shape index (κ2) is 8.30. The van der Waals surface area contributed by atoms with E-state index in [0.29, 0.717) is 16.7 Å². The summed E-state index contributed by atoms with van der Waals surface area (Å²) in [5, 5.41) is 9.64. The van der Waals surface area contributed by atoms with Crippen LogP contribution in [0, 0.1) is 0 Å². The zero-order chi connectivity index (χ0) is 20.2. The van der Waals surface area contributed by atoms with E-state index < -0.39 is 17.2 Å². The highest BCUT2D eigenvalue weighted by Gasteiger charge is 2.20. The van der Waals surface area contributed by atoms with Crippen LogP contribution in [0.2, 0.25) is 0 Å². The molecule has 0 radical (unpaired) electrons. The third-order valence-corrected chi connectivity index (χ3v) is 4.78. The standard InChI is InChI=1S/C17H24N6O3S/c1-10(14(24)20-15(18)25)27-16-22-21-13(23(16)19)9-26-12-7-5-11(6-8-12)17(2,3)4/h5-8,10H,9,19H2,1-4H3,(H3,18,20,24,25). The lowest BCUT2D eigenvalue weighted by molar-refractivity contribution is -0.119. The molecule has 146 valence electrons. The van der Waals surface area contributed by atoms with Gasteiger partial charge in [-0.1, -0.05) is 44.7 Å². The van der Waals surface area contributed by atoms with Crippen molar-refractivity contribution >= 4 is 23.7 Å². The molecule has 1 heterocycles. The lowest BCUT2D eigenvalue weighted by atomic mass is 9.87. The highest BCUT2D eigenvalue weighted by Crippen LogP contribution is 2.25. The number of benzene rings is 1. The Morgan fingerprint density at radius 3 is 2.44 bits per heavy atom. The molecule has 27 heavy (non-hydrogen) atoms. The van der Waals surface area contributed by atoms with Crippen molar-refractivity contribution in [3.63, 3.8) is 0 Å². The fourth-order valence-corrected chi connectivity index (χ4v) is 2.91. The summed E-state index contributed by atoms with van der Waals surface area (Å²) in [7, 11) is 0. The minimum atomic E-state index is -0.909. The van der Waals surface area contributed by atoms with Gasteiger partial charge in [0.2, 0.25) is 11.1 Å². The number of hydrogen-bond donors (Lipinski definition) is 3. The van der Waals surface area contributed by atoms with E-state index in [1.807, 2.05) is 29.6 Å². The van der Waals surface area contributed by atoms with Gasteiger partial charge in [0.1, 0.15) is 12.4 Å². The predicted octanol–water partition coefficient (Wildman–Crippen LogP) is 1.54. The minimum Gasteiger partial charge on any atom is -0.486 e. The SMILES string of the molecule is CC(Sc1nnc(COc2ccc(C(C)(C)C)cc2)n1N)C(=O)NC(N)=O. The highest BCUT2D eigenvalue weighted by atomic mass is 32.2. The molecule has 0 saturated heterocycles. The Morgan fingerprint density at radius 2 is 1.89 bits per heavy atom. The van der Waals surface area contributed by atoms with Crippen molar-refractivity contribution in [2.75, 3.05) is 5.84 Å². The molecule has 1 aromatic heterocycles. The number of thioether (sulfide) groups is 1. The van der Waals surface area contributed by atoms with Gasteiger partial charge in [0.15, 0.2) is 5.82 Å². The van der Waals surface area contributed by atoms with Crippen molar-refractivity contribution in [2.45, 2.75) is 50.1 Å². The molecular formula is C17H24N6O3S. The second-order valence-electron chi connectivity index (χ2n) is 6.95. The Labute approximate surface area is 161 Å². The molecule has 10 heteroatoms. The van der Waals surface area contributed by atoms with Crippen LogP contribution in [-0.4, -0.2) is 32.1 Å². The van der Waals surface area contributed by atoms with Crippen LogP contribution in [0.4, 0.5) is 4.79 Å². The number of imide groups is 1. The molecule has 9 nitrogen and oxygen atoms in total. The van der Waals surface area contributed by atoms with E-state index >= 15 is 0 Å². The molecule has 0 aliphatic rings. The summed E-state index contributed by atoms with van der Waals surface area (Å²) >= 11 is 1.06. The van der Waals surface area contributed by atoms with Crippen LogP contribution in [0.25, 0.3) is 0 Å². The molecule has 0 aliphatic heterocycles. The van der Waals surface area contributed by atoms with E-state index in [-0.39, 0.29) is 12.0 Å². The zero-order valence-electron chi connectivity index (χ0n) is 15.7. The van der Waals surface area contributed by atoms with Gasteiger partial charge < -0.3 is 16.3 Å². The number of aromatic nitrogens is 3. The number of nitrogen functional groups attached to an aromatic ring is 1. The van der Waals surface area contributed by atoms with Gasteiger partial charge in [-0.25, -0.2) is 9.47 Å². The summed E-state index contributed by atoms with van der Waals surface area (Å²) in [5.74, 6) is 6.52. The van der Waals surface area contributed by atoms with Gasteiger partial charge in [-0.05, 0) is 30.0 Å². The molecule has 0 spiro atoms. The summed E-state index contributed by atoms with van der Waals surface area (Å²) in [6, 6.07) is 6.91. The number of nitrogens with two attached hydrogens (primary N) is 2. The summed E-state index contributed by atoms with van der Waals surface area (Å²) in [6.45, 7) is 8.16. The number of amides is 3. The highest BCUT2D eigenvalue weighted by molar-refractivity contribution is 8.00. The maximum Gasteiger partial charge on any atom is 0.318 e. The topological polar surface area (TPSA) is 138 Å². The molecule has 1 atom stereocenters. The largest absolute Gasteiger partial charge is 0.486 e. The zero-order valence-corrected chi connectivity index (χ0v) is 16.5. The molecule has 0 saturated carbocycles. The van der Waals surface area contributed by atoms with Gasteiger partial charge in [0.25, 0.3) is 0 Å². The quantitative estimate of drug-likeness (QED) is 0.501. The van der Waals surface area contributed by atoms with E-state index in [9.17, 15) is 9.59 Å². The van der Waals surface area contributed by atoms with E-state index in [0.717, 1.165) is 11.8 Å². The van der Waals surface area contributed by atoms with Gasteiger partial charge >= 0.3 is 6.03 Å². The summed E-state index contributed by atoms with van der Waals surface area (Å²) < 4.78 is 6.96. The van der Waals surface area contributed by atoms with Gasteiger partial charge in [-0.15, -0.1) is 10.2 Å². The monoisotopic (exact) mass is 392 g/mol. The first-order chi connectivity index (χ1) is 12.6. The molecule has 1 aromatic carbocycles. The third kappa shape index (κ3) is 5.61. The van der Waals surface area contributed by atoms with Gasteiger partial charge in [0, 0.05) is 0 Å². The number of hydrogen-bond acceptors (Lipinski definition) is 7. The Bertz CT molecular complexity index is 813. The van der Waals surface area contributed by atoms with E-state index in [1.54, 1.807) is 6.92 Å². The lowest BCUT2D eigenvalue weighted by Gasteiger charge is -2.19. The van der Waals surface area contributed by atoms with Crippen molar-refractivity contribution in [3.8, 4) is 5.75 Å². The van der Waals surface area contributed by atoms with Crippen LogP contribution in [0.15, 0.2) is 29.4 Å². The van der Waals surface area contributed by atoms with Crippen LogP contribution in [0.5, 0.6) is 5.75 Å². The predicted molar refractivity (Wildman–Crippen MR) is 103 cm³/mol. The van der Waals surface area contributed by atoms with Crippen LogP contribution in [0.3, 0.4) is 0 Å². The number of primary amides is 1. The first-order valence-electron chi connectivity index (χ1n) is 8.27. The minimum absolute atomic E-state index is 0.0690. The summed E-state index contributed by atoms with van der Waals surface area (Å²) in [5.41, 5.74) is 6.21. The summed E-state index contributed by atoms with van der Waals surface area (Å²) in [4.78, 5) is 22.5. The van der Waals surface area contributed by atoms with Gasteiger partial charge in [0.05, 0.1) is 5.25 Å². The van der Waals surface area contributed by atoms with Gasteiger partial charge in [-0.3, -0.25) is 10.1 Å². The fourth-order valence-electron chi connectivity index (χ4n) is 2.12. The smallest absolute Gasteiger partial charge is 0.318 e. The number of ether oxygens (including phenoxy) is 1. The van der Waals surface area contributed by atoms with Crippen LogP contribution in [-0.2, 0) is 16.8 Å². The Balaban J connectivity index is 1.97. The maximum atomic E-state index is 11.7. The van der Waals surface area contributed by atoms with Crippen molar-refractivity contribution in [3.05, 3.63) is 35.7 Å². The van der Waals surface area contributed by atoms with E-state index in [1.165, 1.54) is 10.2 Å². The maximum absolute atomic E-state index is 11.7. The number of rotatable bonds is 6. The van der Waals surface area contributed by atoms with Crippen molar-refractivity contribution in [1.29, 1.82) is 0 Å². The molecule has 2 aromatic rings. The number of nitrogens with zero attached hydrogens (tertiary/aromatic N) is 3. The molecule has 0 bridgehead atoms. The number of urea groups is 1. The molecule has 1 unspecified atom stereocenters. The lowest BCUT2D eigenvalue weighted by Crippen LogP contribution is -2.39. The summed E-state index contributed by atoms with van der Waals surface area (Å²) in [6.07, 6.45) is 0. The van der Waals surface area contributed by atoms with Crippen molar-refractivity contribution < 1.29 is 14.3 Å². The average molecular weight is 392 g/mol.